The highest BCUT2D eigenvalue weighted by molar-refractivity contribution is 7.99. The third-order valence-electron chi connectivity index (χ3n) is 5.38. The quantitative estimate of drug-likeness (QED) is 0.765. The Bertz CT molecular complexity index is 808. The monoisotopic (exact) mass is 385 g/mol. The van der Waals surface area contributed by atoms with Crippen LogP contribution in [-0.2, 0) is 4.79 Å². The average Bonchev–Trinajstić information content (AvgIpc) is 3.42. The number of para-hydroxylation sites is 1. The predicted octanol–water partition coefficient (Wildman–Crippen LogP) is 3.89. The second-order valence-corrected chi connectivity index (χ2v) is 8.65. The Morgan fingerprint density at radius 1 is 1.19 bits per heavy atom. The maximum Gasteiger partial charge on any atom is 0.234 e. The van der Waals surface area contributed by atoms with Gasteiger partial charge < -0.3 is 10.2 Å². The number of carbonyl (C=O) groups is 1. The van der Waals surface area contributed by atoms with E-state index in [0.717, 1.165) is 41.4 Å². The summed E-state index contributed by atoms with van der Waals surface area (Å²) < 4.78 is 2.27. The van der Waals surface area contributed by atoms with Crippen molar-refractivity contribution >= 4 is 29.3 Å². The van der Waals surface area contributed by atoms with Crippen LogP contribution >= 0.6 is 11.8 Å². The molecule has 2 aromatic rings. The van der Waals surface area contributed by atoms with E-state index < -0.39 is 0 Å². The summed E-state index contributed by atoms with van der Waals surface area (Å²) in [5, 5.41) is 12.8. The van der Waals surface area contributed by atoms with Gasteiger partial charge in [-0.25, -0.2) is 0 Å². The number of aryl methyl sites for hydroxylation is 1. The molecule has 1 aliphatic heterocycles. The lowest BCUT2D eigenvalue weighted by Gasteiger charge is -2.31. The molecule has 2 heterocycles. The zero-order chi connectivity index (χ0) is 18.8. The number of amides is 1. The lowest BCUT2D eigenvalue weighted by Crippen LogP contribution is -2.34. The molecule has 1 aliphatic carbocycles. The van der Waals surface area contributed by atoms with Crippen molar-refractivity contribution in [2.45, 2.75) is 50.7 Å². The Labute approximate surface area is 164 Å². The second kappa shape index (κ2) is 7.92. The van der Waals surface area contributed by atoms with Crippen LogP contribution in [0.3, 0.4) is 0 Å². The van der Waals surface area contributed by atoms with Gasteiger partial charge in [0.1, 0.15) is 0 Å². The van der Waals surface area contributed by atoms with Crippen molar-refractivity contribution in [3.8, 4) is 0 Å². The first-order valence-corrected chi connectivity index (χ1v) is 10.8. The zero-order valence-corrected chi connectivity index (χ0v) is 16.8. The first-order chi connectivity index (χ1) is 13.1. The molecule has 4 rings (SSSR count). The van der Waals surface area contributed by atoms with Gasteiger partial charge >= 0.3 is 0 Å². The molecule has 144 valence electrons. The SMILES string of the molecule is Cc1ccccc1NC(=O)CSc1nnc(N2CCC(C)CC2)n1C1CC1. The van der Waals surface area contributed by atoms with Gasteiger partial charge in [-0.1, -0.05) is 36.9 Å². The topological polar surface area (TPSA) is 63.1 Å². The van der Waals surface area contributed by atoms with Gasteiger partial charge in [0.05, 0.1) is 5.75 Å². The van der Waals surface area contributed by atoms with Gasteiger partial charge in [0, 0.05) is 24.8 Å². The summed E-state index contributed by atoms with van der Waals surface area (Å²) in [4.78, 5) is 14.7. The Hall–Kier alpha value is -2.02. The number of hydrogen-bond donors (Lipinski definition) is 1. The minimum absolute atomic E-state index is 0.00649. The lowest BCUT2D eigenvalue weighted by molar-refractivity contribution is -0.113. The molecule has 7 heteroatoms. The molecule has 1 N–H and O–H groups in total. The molecule has 0 radical (unpaired) electrons. The van der Waals surface area contributed by atoms with Crippen LogP contribution in [0.15, 0.2) is 29.4 Å². The number of aromatic nitrogens is 3. The van der Waals surface area contributed by atoms with Gasteiger partial charge in [0.2, 0.25) is 11.9 Å². The molecular weight excluding hydrogens is 358 g/mol. The number of piperidine rings is 1. The lowest BCUT2D eigenvalue weighted by atomic mass is 10.00. The minimum Gasteiger partial charge on any atom is -0.341 e. The van der Waals surface area contributed by atoms with Gasteiger partial charge in [0.25, 0.3) is 0 Å². The van der Waals surface area contributed by atoms with Crippen molar-refractivity contribution in [3.63, 3.8) is 0 Å². The molecule has 1 saturated heterocycles. The van der Waals surface area contributed by atoms with Crippen LogP contribution < -0.4 is 10.2 Å². The summed E-state index contributed by atoms with van der Waals surface area (Å²) in [6.07, 6.45) is 4.77. The highest BCUT2D eigenvalue weighted by atomic mass is 32.2. The summed E-state index contributed by atoms with van der Waals surface area (Å²) in [6, 6.07) is 8.33. The van der Waals surface area contributed by atoms with Crippen molar-refractivity contribution in [3.05, 3.63) is 29.8 Å². The molecule has 0 spiro atoms. The zero-order valence-electron chi connectivity index (χ0n) is 16.0. The highest BCUT2D eigenvalue weighted by Gasteiger charge is 2.32. The Morgan fingerprint density at radius 2 is 1.93 bits per heavy atom. The fraction of sp³-hybridized carbons (Fsp3) is 0.550. The van der Waals surface area contributed by atoms with Gasteiger partial charge in [-0.05, 0) is 50.2 Å². The molecule has 2 aliphatic rings. The van der Waals surface area contributed by atoms with E-state index in [4.69, 9.17) is 0 Å². The van der Waals surface area contributed by atoms with E-state index in [1.54, 1.807) is 0 Å². The summed E-state index contributed by atoms with van der Waals surface area (Å²) >= 11 is 1.48. The Balaban J connectivity index is 1.42. The molecule has 1 aromatic heterocycles. The van der Waals surface area contributed by atoms with E-state index in [1.807, 2.05) is 31.2 Å². The van der Waals surface area contributed by atoms with E-state index >= 15 is 0 Å². The van der Waals surface area contributed by atoms with Crippen molar-refractivity contribution in [2.24, 2.45) is 5.92 Å². The maximum absolute atomic E-state index is 12.4. The normalized spacial score (nSPS) is 17.9. The van der Waals surface area contributed by atoms with E-state index in [9.17, 15) is 4.79 Å². The van der Waals surface area contributed by atoms with E-state index in [0.29, 0.717) is 11.8 Å². The molecule has 0 unspecified atom stereocenters. The minimum atomic E-state index is -0.00649. The van der Waals surface area contributed by atoms with Crippen molar-refractivity contribution in [1.29, 1.82) is 0 Å². The number of thioether (sulfide) groups is 1. The van der Waals surface area contributed by atoms with Crippen LogP contribution in [0.25, 0.3) is 0 Å². The molecule has 27 heavy (non-hydrogen) atoms. The van der Waals surface area contributed by atoms with Gasteiger partial charge in [-0.3, -0.25) is 9.36 Å². The maximum atomic E-state index is 12.4. The van der Waals surface area contributed by atoms with Crippen LogP contribution in [0.4, 0.5) is 11.6 Å². The summed E-state index contributed by atoms with van der Waals surface area (Å²) in [5.41, 5.74) is 1.94. The van der Waals surface area contributed by atoms with Crippen molar-refractivity contribution < 1.29 is 4.79 Å². The second-order valence-electron chi connectivity index (χ2n) is 7.71. The summed E-state index contributed by atoms with van der Waals surface area (Å²) in [5.74, 6) is 2.12. The van der Waals surface area contributed by atoms with Crippen molar-refractivity contribution in [2.75, 3.05) is 29.1 Å². The fourth-order valence-corrected chi connectivity index (χ4v) is 4.27. The molecule has 0 atom stereocenters. The fourth-order valence-electron chi connectivity index (χ4n) is 3.47. The predicted molar refractivity (Wildman–Crippen MR) is 109 cm³/mol. The molecule has 1 aromatic carbocycles. The number of hydrogen-bond acceptors (Lipinski definition) is 5. The van der Waals surface area contributed by atoms with Gasteiger partial charge in [-0.15, -0.1) is 10.2 Å². The highest BCUT2D eigenvalue weighted by Crippen LogP contribution is 2.41. The molecule has 0 bridgehead atoms. The first kappa shape index (κ1) is 18.3. The summed E-state index contributed by atoms with van der Waals surface area (Å²) in [6.45, 7) is 6.41. The number of benzene rings is 1. The van der Waals surface area contributed by atoms with Crippen LogP contribution in [-0.4, -0.2) is 39.5 Å². The van der Waals surface area contributed by atoms with Crippen LogP contribution in [0.1, 0.15) is 44.2 Å². The molecule has 1 amide bonds. The third-order valence-corrected chi connectivity index (χ3v) is 6.32. The largest absolute Gasteiger partial charge is 0.341 e. The van der Waals surface area contributed by atoms with Crippen LogP contribution in [0.2, 0.25) is 0 Å². The van der Waals surface area contributed by atoms with E-state index in [2.05, 4.69) is 31.9 Å². The summed E-state index contributed by atoms with van der Waals surface area (Å²) in [7, 11) is 0. The number of nitrogens with one attached hydrogen (secondary N) is 1. The van der Waals surface area contributed by atoms with Crippen LogP contribution in [0.5, 0.6) is 0 Å². The van der Waals surface area contributed by atoms with Crippen molar-refractivity contribution in [1.82, 2.24) is 14.8 Å². The smallest absolute Gasteiger partial charge is 0.234 e. The van der Waals surface area contributed by atoms with E-state index in [1.165, 1.54) is 37.4 Å². The van der Waals surface area contributed by atoms with Gasteiger partial charge in [0.15, 0.2) is 5.16 Å². The molecule has 2 fully saturated rings. The standard InChI is InChI=1S/C20H27N5OS/c1-14-9-11-24(12-10-14)19-22-23-20(25(19)16-7-8-16)27-13-18(26)21-17-6-4-3-5-15(17)2/h3-6,14,16H,7-13H2,1-2H3,(H,21,26). The molecule has 1 saturated carbocycles. The number of rotatable bonds is 6. The third kappa shape index (κ3) is 4.29. The number of nitrogens with zero attached hydrogens (tertiary/aromatic N) is 4. The Kier molecular flexibility index (Phi) is 5.38. The number of anilines is 2. The molecular formula is C20H27N5OS. The average molecular weight is 386 g/mol. The van der Waals surface area contributed by atoms with E-state index in [-0.39, 0.29) is 5.91 Å². The first-order valence-electron chi connectivity index (χ1n) is 9.80. The molecule has 6 nitrogen and oxygen atoms in total. The number of carbonyl (C=O) groups excluding carboxylic acids is 1. The Morgan fingerprint density at radius 3 is 2.63 bits per heavy atom. The van der Waals surface area contributed by atoms with Crippen LogP contribution in [0, 0.1) is 12.8 Å². The van der Waals surface area contributed by atoms with Gasteiger partial charge in [-0.2, -0.15) is 0 Å².